The fraction of sp³-hybridized carbons (Fsp3) is 0.462. The third-order valence-electron chi connectivity index (χ3n) is 3.15. The van der Waals surface area contributed by atoms with Crippen molar-refractivity contribution in [1.82, 2.24) is 14.8 Å². The van der Waals surface area contributed by atoms with Crippen LogP contribution in [-0.4, -0.2) is 32.1 Å². The first-order valence-electron chi connectivity index (χ1n) is 6.53. The van der Waals surface area contributed by atoms with Gasteiger partial charge in [0, 0.05) is 13.0 Å². The van der Waals surface area contributed by atoms with Gasteiger partial charge in [-0.15, -0.1) is 21.5 Å². The summed E-state index contributed by atoms with van der Waals surface area (Å²) in [5, 5.41) is 11.1. The highest BCUT2D eigenvalue weighted by Gasteiger charge is 2.34. The summed E-state index contributed by atoms with van der Waals surface area (Å²) in [7, 11) is 0. The number of rotatable bonds is 4. The molecule has 0 aliphatic carbocycles. The van der Waals surface area contributed by atoms with Gasteiger partial charge in [-0.1, -0.05) is 17.8 Å². The lowest BCUT2D eigenvalue weighted by molar-refractivity contribution is -0.140. The van der Waals surface area contributed by atoms with Crippen LogP contribution < -0.4 is 0 Å². The van der Waals surface area contributed by atoms with Gasteiger partial charge in [0.1, 0.15) is 11.4 Å². The van der Waals surface area contributed by atoms with Crippen LogP contribution in [0.1, 0.15) is 20.3 Å². The summed E-state index contributed by atoms with van der Waals surface area (Å²) in [6, 6.07) is 4.03. The molecule has 1 fully saturated rings. The largest absolute Gasteiger partial charge is 0.462 e. The van der Waals surface area contributed by atoms with Gasteiger partial charge >= 0.3 is 5.97 Å². The molecule has 1 aliphatic rings. The molecule has 0 aromatic carbocycles. The maximum Gasteiger partial charge on any atom is 0.319 e. The summed E-state index contributed by atoms with van der Waals surface area (Å²) >= 11 is 3.09. The van der Waals surface area contributed by atoms with E-state index < -0.39 is 0 Å². The Balaban J connectivity index is 1.86. The van der Waals surface area contributed by atoms with E-state index in [0.717, 1.165) is 28.8 Å². The van der Waals surface area contributed by atoms with E-state index in [9.17, 15) is 4.79 Å². The zero-order chi connectivity index (χ0) is 14.1. The van der Waals surface area contributed by atoms with Crippen molar-refractivity contribution >= 4 is 29.1 Å². The molecule has 0 saturated carbocycles. The molecule has 7 heteroatoms. The number of carbonyl (C=O) groups excluding carboxylic acids is 1. The van der Waals surface area contributed by atoms with Crippen LogP contribution in [0.4, 0.5) is 0 Å². The zero-order valence-corrected chi connectivity index (χ0v) is 12.9. The van der Waals surface area contributed by atoms with Crippen LogP contribution in [0.2, 0.25) is 0 Å². The maximum atomic E-state index is 11.7. The smallest absolute Gasteiger partial charge is 0.319 e. The fourth-order valence-corrected chi connectivity index (χ4v) is 4.11. The summed E-state index contributed by atoms with van der Waals surface area (Å²) in [5.41, 5.74) is 0. The Morgan fingerprint density at radius 2 is 2.40 bits per heavy atom. The number of hydrogen-bond acceptors (Lipinski definition) is 6. The second-order valence-corrected chi connectivity index (χ2v) is 6.74. The molecule has 0 bridgehead atoms. The van der Waals surface area contributed by atoms with Crippen molar-refractivity contribution in [3.05, 3.63) is 17.5 Å². The first kappa shape index (κ1) is 13.6. The molecular weight excluding hydrogens is 294 g/mol. The van der Waals surface area contributed by atoms with E-state index >= 15 is 0 Å². The van der Waals surface area contributed by atoms with Crippen LogP contribution in [-0.2, 0) is 16.1 Å². The lowest BCUT2D eigenvalue weighted by atomic mass is 10.3. The molecule has 1 saturated heterocycles. The SMILES string of the molecule is CCn1c(S[C@H]2C[C@@H](C)OC2=O)nnc1-c1cccs1. The number of carbonyl (C=O) groups is 1. The number of ether oxygens (including phenoxy) is 1. The normalized spacial score (nSPS) is 22.2. The van der Waals surface area contributed by atoms with Crippen LogP contribution >= 0.6 is 23.1 Å². The van der Waals surface area contributed by atoms with E-state index in [1.165, 1.54) is 11.8 Å². The second-order valence-electron chi connectivity index (χ2n) is 4.62. The van der Waals surface area contributed by atoms with Crippen LogP contribution in [0.3, 0.4) is 0 Å². The Morgan fingerprint density at radius 1 is 1.55 bits per heavy atom. The first-order chi connectivity index (χ1) is 9.69. The molecule has 5 nitrogen and oxygen atoms in total. The monoisotopic (exact) mass is 309 g/mol. The Hall–Kier alpha value is -1.34. The van der Waals surface area contributed by atoms with Gasteiger partial charge in [-0.2, -0.15) is 0 Å². The van der Waals surface area contributed by atoms with Crippen LogP contribution in [0.5, 0.6) is 0 Å². The van der Waals surface area contributed by atoms with E-state index in [1.54, 1.807) is 11.3 Å². The molecule has 1 aliphatic heterocycles. The summed E-state index contributed by atoms with van der Waals surface area (Å²) in [6.45, 7) is 4.75. The highest BCUT2D eigenvalue weighted by Crippen LogP contribution is 2.33. The Bertz CT molecular complexity index is 609. The van der Waals surface area contributed by atoms with Crippen molar-refractivity contribution in [3.63, 3.8) is 0 Å². The number of aromatic nitrogens is 3. The quantitative estimate of drug-likeness (QED) is 0.813. The van der Waals surface area contributed by atoms with Gasteiger partial charge in [-0.25, -0.2) is 0 Å². The van der Waals surface area contributed by atoms with E-state index in [1.807, 2.05) is 29.0 Å². The van der Waals surface area contributed by atoms with E-state index in [4.69, 9.17) is 4.74 Å². The molecule has 0 spiro atoms. The average Bonchev–Trinajstić information content (AvgIpc) is 3.11. The van der Waals surface area contributed by atoms with Crippen molar-refractivity contribution in [1.29, 1.82) is 0 Å². The van der Waals surface area contributed by atoms with Crippen molar-refractivity contribution in [3.8, 4) is 10.7 Å². The summed E-state index contributed by atoms with van der Waals surface area (Å²) in [6.07, 6.45) is 0.726. The van der Waals surface area contributed by atoms with E-state index in [0.29, 0.717) is 0 Å². The predicted octanol–water partition coefficient (Wildman–Crippen LogP) is 2.82. The first-order valence-corrected chi connectivity index (χ1v) is 8.29. The minimum atomic E-state index is -0.171. The van der Waals surface area contributed by atoms with Crippen molar-refractivity contribution in [2.24, 2.45) is 0 Å². The minimum Gasteiger partial charge on any atom is -0.462 e. The molecule has 2 atom stereocenters. The van der Waals surface area contributed by atoms with Crippen molar-refractivity contribution in [2.75, 3.05) is 0 Å². The minimum absolute atomic E-state index is 0.00485. The lowest BCUT2D eigenvalue weighted by Gasteiger charge is -2.07. The Kier molecular flexibility index (Phi) is 3.80. The number of thioether (sulfide) groups is 1. The number of cyclic esters (lactones) is 1. The van der Waals surface area contributed by atoms with Gasteiger partial charge in [-0.3, -0.25) is 4.79 Å². The molecule has 0 unspecified atom stereocenters. The van der Waals surface area contributed by atoms with Gasteiger partial charge in [0.05, 0.1) is 4.88 Å². The molecule has 0 radical (unpaired) electrons. The van der Waals surface area contributed by atoms with Crippen LogP contribution in [0.15, 0.2) is 22.7 Å². The molecule has 3 heterocycles. The van der Waals surface area contributed by atoms with E-state index in [2.05, 4.69) is 17.1 Å². The van der Waals surface area contributed by atoms with Crippen molar-refractivity contribution in [2.45, 2.75) is 43.3 Å². The average molecular weight is 309 g/mol. The number of hydrogen-bond donors (Lipinski definition) is 0. The second kappa shape index (κ2) is 5.57. The molecule has 20 heavy (non-hydrogen) atoms. The maximum absolute atomic E-state index is 11.7. The van der Waals surface area contributed by atoms with Crippen LogP contribution in [0, 0.1) is 0 Å². The number of nitrogens with zero attached hydrogens (tertiary/aromatic N) is 3. The number of esters is 1. The summed E-state index contributed by atoms with van der Waals surface area (Å²) in [5.74, 6) is 0.718. The topological polar surface area (TPSA) is 57.0 Å². The highest BCUT2D eigenvalue weighted by atomic mass is 32.2. The van der Waals surface area contributed by atoms with E-state index in [-0.39, 0.29) is 17.3 Å². The highest BCUT2D eigenvalue weighted by molar-refractivity contribution is 8.00. The molecule has 3 rings (SSSR count). The third-order valence-corrected chi connectivity index (χ3v) is 5.20. The summed E-state index contributed by atoms with van der Waals surface area (Å²) in [4.78, 5) is 12.8. The molecule has 2 aromatic heterocycles. The third kappa shape index (κ3) is 2.47. The molecule has 2 aromatic rings. The fourth-order valence-electron chi connectivity index (χ4n) is 2.19. The van der Waals surface area contributed by atoms with Gasteiger partial charge in [0.2, 0.25) is 0 Å². The Morgan fingerprint density at radius 3 is 3.00 bits per heavy atom. The predicted molar refractivity (Wildman–Crippen MR) is 78.8 cm³/mol. The van der Waals surface area contributed by atoms with Gasteiger partial charge < -0.3 is 9.30 Å². The molecule has 0 amide bonds. The van der Waals surface area contributed by atoms with Gasteiger partial charge in [0.15, 0.2) is 11.0 Å². The summed E-state index contributed by atoms with van der Waals surface area (Å²) < 4.78 is 7.23. The molecular formula is C13H15N3O2S2. The number of thiophene rings is 1. The molecule has 106 valence electrons. The standard InChI is InChI=1S/C13H15N3O2S2/c1-3-16-11(9-5-4-6-19-9)14-15-13(16)20-10-7-8(2)18-12(10)17/h4-6,8,10H,3,7H2,1-2H3/t8-,10+/m1/s1. The zero-order valence-electron chi connectivity index (χ0n) is 11.3. The van der Waals surface area contributed by atoms with Crippen molar-refractivity contribution < 1.29 is 9.53 Å². The van der Waals surface area contributed by atoms with Gasteiger partial charge in [-0.05, 0) is 25.3 Å². The lowest BCUT2D eigenvalue weighted by Crippen LogP contribution is -2.11. The van der Waals surface area contributed by atoms with Crippen LogP contribution in [0.25, 0.3) is 10.7 Å². The molecule has 0 N–H and O–H groups in total. The Labute approximate surface area is 125 Å². The van der Waals surface area contributed by atoms with Gasteiger partial charge in [0.25, 0.3) is 0 Å².